The fraction of sp³-hybridized carbons (Fsp3) is 0.833. The molecule has 9 heavy (non-hydrogen) atoms. The summed E-state index contributed by atoms with van der Waals surface area (Å²) >= 11 is 5.31. The van der Waals surface area contributed by atoms with Crippen LogP contribution in [0.1, 0.15) is 20.8 Å². The fourth-order valence-corrected chi connectivity index (χ4v) is 0.322. The monoisotopic (exact) mass is 150 g/mol. The first kappa shape index (κ1) is 8.92. The lowest BCUT2D eigenvalue weighted by molar-refractivity contribution is -0.114. The van der Waals surface area contributed by atoms with E-state index in [2.05, 4.69) is 4.74 Å². The van der Waals surface area contributed by atoms with Crippen LogP contribution in [-0.4, -0.2) is 17.5 Å². The van der Waals surface area contributed by atoms with E-state index in [4.69, 9.17) is 11.6 Å². The van der Waals surface area contributed by atoms with Crippen molar-refractivity contribution in [3.8, 4) is 0 Å². The summed E-state index contributed by atoms with van der Waals surface area (Å²) in [5.41, 5.74) is 0.0231. The van der Waals surface area contributed by atoms with Gasteiger partial charge in [0, 0.05) is 0 Å². The first-order valence-electron chi connectivity index (χ1n) is 2.80. The Morgan fingerprint density at radius 1 is 1.56 bits per heavy atom. The molecule has 0 aliphatic carbocycles. The Hall–Kier alpha value is -0.0800. The molecule has 0 aromatic rings. The Labute approximate surface area is 60.1 Å². The van der Waals surface area contributed by atoms with Gasteiger partial charge in [0.05, 0.1) is 6.10 Å². The van der Waals surface area contributed by atoms with Crippen molar-refractivity contribution >= 4 is 17.4 Å². The lowest BCUT2D eigenvalue weighted by Crippen LogP contribution is -1.69. The van der Waals surface area contributed by atoms with Crippen LogP contribution in [-0.2, 0) is 9.53 Å². The molecule has 1 saturated heterocycles. The van der Waals surface area contributed by atoms with Crippen molar-refractivity contribution < 1.29 is 9.53 Å². The van der Waals surface area contributed by atoms with Crippen LogP contribution in [0, 0.1) is 0 Å². The molecule has 0 bridgehead atoms. The predicted octanol–water partition coefficient (Wildman–Crippen LogP) is 1.57. The third-order valence-electron chi connectivity index (χ3n) is 0.637. The third-order valence-corrected chi connectivity index (χ3v) is 1.09. The second-order valence-corrected chi connectivity index (χ2v) is 2.53. The van der Waals surface area contributed by atoms with Crippen LogP contribution in [0.4, 0.5) is 0 Å². The number of rotatable bonds is 0. The molecule has 0 N–H and O–H groups in total. The minimum atomic E-state index is 0.0231. The van der Waals surface area contributed by atoms with Gasteiger partial charge in [-0.1, -0.05) is 11.6 Å². The highest BCUT2D eigenvalue weighted by Crippen LogP contribution is 2.23. The molecule has 54 valence electrons. The molecular weight excluding hydrogens is 140 g/mol. The van der Waals surface area contributed by atoms with Crippen LogP contribution in [0.2, 0.25) is 0 Å². The molecule has 2 unspecified atom stereocenters. The highest BCUT2D eigenvalue weighted by Gasteiger charge is 2.30. The van der Waals surface area contributed by atoms with Gasteiger partial charge >= 0.3 is 0 Å². The normalized spacial score (nSPS) is 30.2. The lowest BCUT2D eigenvalue weighted by Gasteiger charge is -1.56. The van der Waals surface area contributed by atoms with Gasteiger partial charge in [-0.05, 0) is 20.8 Å². The van der Waals surface area contributed by atoms with E-state index in [1.165, 1.54) is 13.8 Å². The number of Topliss-reactive ketones (excluding diaryl/α,β-unsaturated/α-hetero) is 1. The van der Waals surface area contributed by atoms with E-state index < -0.39 is 0 Å². The van der Waals surface area contributed by atoms with Crippen LogP contribution in [0.25, 0.3) is 0 Å². The molecule has 1 aliphatic rings. The molecule has 1 rings (SSSR count). The van der Waals surface area contributed by atoms with Crippen molar-refractivity contribution in [3.63, 3.8) is 0 Å². The maximum atomic E-state index is 9.44. The number of hydrogen-bond acceptors (Lipinski definition) is 2. The number of epoxide rings is 1. The van der Waals surface area contributed by atoms with Crippen LogP contribution in [0.5, 0.6) is 0 Å². The Morgan fingerprint density at radius 3 is 1.67 bits per heavy atom. The van der Waals surface area contributed by atoms with E-state index in [0.29, 0.717) is 6.10 Å². The molecule has 1 fully saturated rings. The van der Waals surface area contributed by atoms with E-state index >= 15 is 0 Å². The number of carbonyl (C=O) groups excluding carboxylic acids is 1. The van der Waals surface area contributed by atoms with Gasteiger partial charge in [-0.3, -0.25) is 0 Å². The third kappa shape index (κ3) is 7.92. The van der Waals surface area contributed by atoms with Gasteiger partial charge in [-0.15, -0.1) is 0 Å². The molecule has 1 aliphatic heterocycles. The Kier molecular flexibility index (Phi) is 3.82. The Bertz CT molecular complexity index is 93.2. The second-order valence-electron chi connectivity index (χ2n) is 2.10. The van der Waals surface area contributed by atoms with Gasteiger partial charge in [0.1, 0.15) is 5.78 Å². The smallest absolute Gasteiger partial charge is 0.157 e. The molecule has 2 atom stereocenters. The molecule has 1 heterocycles. The zero-order valence-corrected chi connectivity index (χ0v) is 6.61. The number of carbonyl (C=O) groups is 1. The van der Waals surface area contributed by atoms with Gasteiger partial charge in [0.2, 0.25) is 0 Å². The molecular formula is C6H11ClO2. The molecule has 0 aromatic carbocycles. The number of hydrogen-bond donors (Lipinski definition) is 0. The minimum Gasteiger partial charge on any atom is -0.353 e. The van der Waals surface area contributed by atoms with E-state index in [9.17, 15) is 4.79 Å². The van der Waals surface area contributed by atoms with E-state index in [0.717, 1.165) is 0 Å². The molecule has 0 saturated carbocycles. The van der Waals surface area contributed by atoms with Crippen LogP contribution in [0.3, 0.4) is 0 Å². The van der Waals surface area contributed by atoms with Crippen LogP contribution < -0.4 is 0 Å². The highest BCUT2D eigenvalue weighted by atomic mass is 35.5. The second kappa shape index (κ2) is 3.85. The largest absolute Gasteiger partial charge is 0.353 e. The summed E-state index contributed by atoms with van der Waals surface area (Å²) in [6.45, 7) is 5.00. The first-order valence-corrected chi connectivity index (χ1v) is 3.24. The summed E-state index contributed by atoms with van der Waals surface area (Å²) in [7, 11) is 0. The summed E-state index contributed by atoms with van der Waals surface area (Å²) < 4.78 is 4.68. The van der Waals surface area contributed by atoms with Gasteiger partial charge in [0.25, 0.3) is 0 Å². The van der Waals surface area contributed by atoms with Gasteiger partial charge in [-0.25, -0.2) is 0 Å². The van der Waals surface area contributed by atoms with E-state index in [1.807, 2.05) is 6.92 Å². The van der Waals surface area contributed by atoms with Crippen molar-refractivity contribution in [1.29, 1.82) is 0 Å². The quantitative estimate of drug-likeness (QED) is 0.388. The average molecular weight is 151 g/mol. The molecule has 0 radical (unpaired) electrons. The zero-order valence-electron chi connectivity index (χ0n) is 5.85. The summed E-state index contributed by atoms with van der Waals surface area (Å²) in [6.07, 6.45) is 0.316. The van der Waals surface area contributed by atoms with Crippen molar-refractivity contribution in [1.82, 2.24) is 0 Å². The van der Waals surface area contributed by atoms with Crippen molar-refractivity contribution in [2.75, 3.05) is 0 Å². The fourth-order valence-electron chi connectivity index (χ4n) is 0.160. The van der Waals surface area contributed by atoms with Crippen molar-refractivity contribution in [2.45, 2.75) is 32.4 Å². The standard InChI is InChI=1S/C3H5ClO.C3H6O/c1-2-3(4)5-2;1-3(2)4/h2-3H,1H3;1-2H3. The number of ether oxygens (including phenoxy) is 1. The van der Waals surface area contributed by atoms with Crippen LogP contribution >= 0.6 is 11.6 Å². The molecule has 0 aromatic heterocycles. The van der Waals surface area contributed by atoms with Gasteiger partial charge in [0.15, 0.2) is 5.56 Å². The molecule has 3 heteroatoms. The average Bonchev–Trinajstić information content (AvgIpc) is 2.16. The summed E-state index contributed by atoms with van der Waals surface area (Å²) in [6, 6.07) is 0. The Morgan fingerprint density at radius 2 is 1.67 bits per heavy atom. The maximum absolute atomic E-state index is 9.44. The molecule has 2 nitrogen and oxygen atoms in total. The lowest BCUT2D eigenvalue weighted by atomic mass is 10.6. The number of ketones is 1. The first-order chi connectivity index (χ1) is 4.04. The molecule has 0 amide bonds. The topological polar surface area (TPSA) is 29.6 Å². The predicted molar refractivity (Wildman–Crippen MR) is 36.5 cm³/mol. The zero-order chi connectivity index (χ0) is 7.44. The van der Waals surface area contributed by atoms with Gasteiger partial charge < -0.3 is 9.53 Å². The minimum absolute atomic E-state index is 0.0231. The SMILES string of the molecule is CC(C)=O.CC1OC1Cl. The molecule has 0 spiro atoms. The van der Waals surface area contributed by atoms with E-state index in [-0.39, 0.29) is 11.3 Å². The van der Waals surface area contributed by atoms with Crippen molar-refractivity contribution in [2.24, 2.45) is 0 Å². The summed E-state index contributed by atoms with van der Waals surface area (Å²) in [5, 5.41) is 0. The number of alkyl halides is 1. The van der Waals surface area contributed by atoms with Crippen LogP contribution in [0.15, 0.2) is 0 Å². The Balaban J connectivity index is 0.000000148. The number of halogens is 1. The maximum Gasteiger partial charge on any atom is 0.157 e. The summed E-state index contributed by atoms with van der Waals surface area (Å²) in [5.74, 6) is 0.167. The summed E-state index contributed by atoms with van der Waals surface area (Å²) in [4.78, 5) is 9.44. The van der Waals surface area contributed by atoms with Gasteiger partial charge in [-0.2, -0.15) is 0 Å². The van der Waals surface area contributed by atoms with Crippen molar-refractivity contribution in [3.05, 3.63) is 0 Å². The highest BCUT2D eigenvalue weighted by molar-refractivity contribution is 6.21. The van der Waals surface area contributed by atoms with E-state index in [1.54, 1.807) is 0 Å².